The third-order valence-electron chi connectivity index (χ3n) is 4.32. The molecule has 2 aliphatic heterocycles. The Morgan fingerprint density at radius 2 is 1.37 bits per heavy atom. The van der Waals surface area contributed by atoms with Crippen LogP contribution in [0.15, 0.2) is 36.4 Å². The highest BCUT2D eigenvalue weighted by Crippen LogP contribution is 2.33. The van der Waals surface area contributed by atoms with Crippen LogP contribution >= 0.6 is 0 Å². The van der Waals surface area contributed by atoms with E-state index in [0.717, 1.165) is 32.6 Å². The lowest BCUT2D eigenvalue weighted by Crippen LogP contribution is -2.24. The van der Waals surface area contributed by atoms with Gasteiger partial charge in [-0.15, -0.1) is 0 Å². The summed E-state index contributed by atoms with van der Waals surface area (Å²) in [5.41, 5.74) is 8.84. The first-order valence-corrected chi connectivity index (χ1v) is 7.07. The van der Waals surface area contributed by atoms with Gasteiger partial charge in [0.15, 0.2) is 0 Å². The fraction of sp³-hybridized carbons (Fsp3) is 0.294. The van der Waals surface area contributed by atoms with Gasteiger partial charge >= 0.3 is 0 Å². The fourth-order valence-electron chi connectivity index (χ4n) is 3.37. The summed E-state index contributed by atoms with van der Waals surface area (Å²) in [6, 6.07) is 13.5. The first-order chi connectivity index (χ1) is 9.43. The fourth-order valence-corrected chi connectivity index (χ4v) is 3.37. The molecule has 0 spiro atoms. The first-order valence-electron chi connectivity index (χ1n) is 7.07. The predicted molar refractivity (Wildman–Crippen MR) is 77.8 cm³/mol. The highest BCUT2D eigenvalue weighted by molar-refractivity contribution is 5.73. The van der Waals surface area contributed by atoms with E-state index in [1.807, 2.05) is 0 Å². The van der Waals surface area contributed by atoms with Gasteiger partial charge in [-0.05, 0) is 46.3 Å². The van der Waals surface area contributed by atoms with Crippen molar-refractivity contribution in [3.05, 3.63) is 58.7 Å². The molecule has 0 saturated carbocycles. The lowest BCUT2D eigenvalue weighted by molar-refractivity contribution is 0.645. The van der Waals surface area contributed by atoms with Gasteiger partial charge in [-0.3, -0.25) is 0 Å². The molecule has 0 amide bonds. The Morgan fingerprint density at radius 3 is 2.21 bits per heavy atom. The highest BCUT2D eigenvalue weighted by Gasteiger charge is 2.19. The third-order valence-corrected chi connectivity index (χ3v) is 4.32. The smallest absolute Gasteiger partial charge is 0.0218 e. The molecule has 2 heterocycles. The van der Waals surface area contributed by atoms with Gasteiger partial charge in [0.2, 0.25) is 0 Å². The molecule has 19 heavy (non-hydrogen) atoms. The van der Waals surface area contributed by atoms with Gasteiger partial charge in [0.05, 0.1) is 0 Å². The van der Waals surface area contributed by atoms with Crippen LogP contribution in [0.3, 0.4) is 0 Å². The number of hydrogen-bond acceptors (Lipinski definition) is 2. The van der Waals surface area contributed by atoms with E-state index in [0.29, 0.717) is 0 Å². The molecule has 2 aliphatic rings. The van der Waals surface area contributed by atoms with Crippen LogP contribution in [-0.2, 0) is 26.1 Å². The molecule has 96 valence electrons. The Bertz CT molecular complexity index is 631. The van der Waals surface area contributed by atoms with Gasteiger partial charge < -0.3 is 10.6 Å². The molecule has 2 aromatic rings. The van der Waals surface area contributed by atoms with Crippen LogP contribution < -0.4 is 10.6 Å². The average molecular weight is 250 g/mol. The number of hydrogen-bond donors (Lipinski definition) is 2. The van der Waals surface area contributed by atoms with Gasteiger partial charge in [0.25, 0.3) is 0 Å². The van der Waals surface area contributed by atoms with Crippen molar-refractivity contribution in [2.75, 3.05) is 6.54 Å². The maximum Gasteiger partial charge on any atom is 0.0218 e. The lowest BCUT2D eigenvalue weighted by Gasteiger charge is -2.21. The van der Waals surface area contributed by atoms with Crippen molar-refractivity contribution in [3.63, 3.8) is 0 Å². The molecule has 4 rings (SSSR count). The minimum atomic E-state index is 1.01. The summed E-state index contributed by atoms with van der Waals surface area (Å²) in [7, 11) is 0. The van der Waals surface area contributed by atoms with Crippen LogP contribution in [0.2, 0.25) is 0 Å². The van der Waals surface area contributed by atoms with Crippen LogP contribution in [0.1, 0.15) is 22.3 Å². The number of rotatable bonds is 1. The third kappa shape index (κ3) is 1.79. The minimum Gasteiger partial charge on any atom is -0.312 e. The zero-order valence-corrected chi connectivity index (χ0v) is 11.0. The minimum absolute atomic E-state index is 1.01. The van der Waals surface area contributed by atoms with Gasteiger partial charge in [-0.2, -0.15) is 0 Å². The molecule has 2 heteroatoms. The second-order valence-corrected chi connectivity index (χ2v) is 5.42. The standard InChI is InChI=1S/C17H18N2/c1-3-12-9-18-8-7-14(12)15(5-1)16-6-2-4-13-10-19-11-17(13)16/h1-6,18-19H,7-11H2. The van der Waals surface area contributed by atoms with Crippen LogP contribution in [-0.4, -0.2) is 6.54 Å². The van der Waals surface area contributed by atoms with E-state index >= 15 is 0 Å². The maximum absolute atomic E-state index is 3.47. The molecule has 2 aromatic carbocycles. The zero-order valence-electron chi connectivity index (χ0n) is 11.0. The van der Waals surface area contributed by atoms with Crippen molar-refractivity contribution in [3.8, 4) is 11.1 Å². The second kappa shape index (κ2) is 4.48. The van der Waals surface area contributed by atoms with Gasteiger partial charge in [0, 0.05) is 19.6 Å². The number of fused-ring (bicyclic) bond motifs is 2. The molecule has 0 saturated heterocycles. The molecular formula is C17H18N2. The highest BCUT2D eigenvalue weighted by atomic mass is 14.9. The van der Waals surface area contributed by atoms with Crippen molar-refractivity contribution < 1.29 is 0 Å². The first kappa shape index (κ1) is 11.2. The van der Waals surface area contributed by atoms with E-state index in [1.165, 1.54) is 27.8 Å². The molecule has 0 radical (unpaired) electrons. The SMILES string of the molecule is c1cc2c(c(-c3cccc4c3CNC4)c1)CCNC2. The lowest BCUT2D eigenvalue weighted by atomic mass is 9.88. The molecule has 0 aromatic heterocycles. The van der Waals surface area contributed by atoms with E-state index in [-0.39, 0.29) is 0 Å². The topological polar surface area (TPSA) is 24.1 Å². The Morgan fingerprint density at radius 1 is 0.684 bits per heavy atom. The monoisotopic (exact) mass is 250 g/mol. The quantitative estimate of drug-likeness (QED) is 0.813. The number of nitrogens with one attached hydrogen (secondary N) is 2. The molecule has 0 atom stereocenters. The molecular weight excluding hydrogens is 232 g/mol. The van der Waals surface area contributed by atoms with Gasteiger partial charge in [-0.1, -0.05) is 36.4 Å². The Labute approximate surface area is 113 Å². The van der Waals surface area contributed by atoms with Crippen LogP contribution in [0.4, 0.5) is 0 Å². The summed E-state index contributed by atoms with van der Waals surface area (Å²) < 4.78 is 0. The maximum atomic E-state index is 3.47. The normalized spacial score (nSPS) is 17.1. The summed E-state index contributed by atoms with van der Waals surface area (Å²) in [4.78, 5) is 0. The summed E-state index contributed by atoms with van der Waals surface area (Å²) >= 11 is 0. The Balaban J connectivity index is 1.92. The second-order valence-electron chi connectivity index (χ2n) is 5.42. The largest absolute Gasteiger partial charge is 0.312 e. The Hall–Kier alpha value is -1.64. The number of benzene rings is 2. The van der Waals surface area contributed by atoms with Crippen LogP contribution in [0.25, 0.3) is 11.1 Å². The molecule has 2 nitrogen and oxygen atoms in total. The van der Waals surface area contributed by atoms with Crippen molar-refractivity contribution in [2.45, 2.75) is 26.1 Å². The van der Waals surface area contributed by atoms with Gasteiger partial charge in [-0.25, -0.2) is 0 Å². The molecule has 0 aliphatic carbocycles. The van der Waals surface area contributed by atoms with E-state index in [4.69, 9.17) is 0 Å². The summed E-state index contributed by atoms with van der Waals surface area (Å²) in [5.74, 6) is 0. The Kier molecular flexibility index (Phi) is 2.64. The average Bonchev–Trinajstić information content (AvgIpc) is 2.95. The van der Waals surface area contributed by atoms with E-state index in [1.54, 1.807) is 5.56 Å². The molecule has 2 N–H and O–H groups in total. The molecule has 0 unspecified atom stereocenters. The van der Waals surface area contributed by atoms with Crippen molar-refractivity contribution in [1.29, 1.82) is 0 Å². The van der Waals surface area contributed by atoms with E-state index in [2.05, 4.69) is 47.0 Å². The molecule has 0 fully saturated rings. The zero-order chi connectivity index (χ0) is 12.7. The summed E-state index contributed by atoms with van der Waals surface area (Å²) in [5, 5.41) is 6.93. The van der Waals surface area contributed by atoms with Crippen LogP contribution in [0.5, 0.6) is 0 Å². The predicted octanol–water partition coefficient (Wildman–Crippen LogP) is 2.60. The van der Waals surface area contributed by atoms with Gasteiger partial charge in [0.1, 0.15) is 0 Å². The van der Waals surface area contributed by atoms with Crippen molar-refractivity contribution >= 4 is 0 Å². The van der Waals surface area contributed by atoms with E-state index < -0.39 is 0 Å². The van der Waals surface area contributed by atoms with Crippen LogP contribution in [0, 0.1) is 0 Å². The van der Waals surface area contributed by atoms with E-state index in [9.17, 15) is 0 Å². The summed E-state index contributed by atoms with van der Waals surface area (Å²) in [6.07, 6.45) is 1.14. The molecule has 0 bridgehead atoms. The van der Waals surface area contributed by atoms with Crippen molar-refractivity contribution in [2.24, 2.45) is 0 Å². The summed E-state index contributed by atoms with van der Waals surface area (Å²) in [6.45, 7) is 4.13. The van der Waals surface area contributed by atoms with Crippen molar-refractivity contribution in [1.82, 2.24) is 10.6 Å².